The summed E-state index contributed by atoms with van der Waals surface area (Å²) in [5, 5.41) is -0.348. The van der Waals surface area contributed by atoms with Crippen molar-refractivity contribution in [1.29, 1.82) is 0 Å². The van der Waals surface area contributed by atoms with Crippen molar-refractivity contribution in [3.8, 4) is 50.4 Å². The molecule has 2 aliphatic rings. The van der Waals surface area contributed by atoms with Crippen molar-refractivity contribution in [2.75, 3.05) is 9.80 Å². The Hall–Kier alpha value is -12.8. The Morgan fingerprint density at radius 1 is 0.276 bits per heavy atom. The molecule has 15 aromatic carbocycles. The number of benzene rings is 15. The SMILES string of the molecule is [2H]c1c([2H])c([2H])c2c(c1[2H])c1c([2H])c([2H])c([2H])c([2H])c1n2-c1ccc2c(c1)N(c1cccc3c1oc1c(-n4c5c([2H])c([2H])c([2H])c([2H])c5c5c([2H])c([2H])c([2H])c([2H])c54)cccc13)c1cc(-n3c4c([2H])c([2H])c([2H])c([2H])c4c4c([2H])c([2H])c([2H])c([2H])c43)cc3c1B2c1ccc(-c2cc(C(C)(C)C)cc(C(C)(C)C)c2)cc1N3c1cc(-c2ccccc2)cc(-c2ccccc2)c1. The van der Waals surface area contributed by atoms with E-state index in [1.807, 2.05) is 77.7 Å². The van der Waals surface area contributed by atoms with Crippen LogP contribution in [0.3, 0.4) is 0 Å². The van der Waals surface area contributed by atoms with Gasteiger partial charge in [-0.3, -0.25) is 0 Å². The van der Waals surface area contributed by atoms with Gasteiger partial charge in [-0.05, 0) is 169 Å². The number of fused-ring (bicyclic) bond motifs is 16. The average Bonchev–Trinajstić information content (AvgIpc) is 1.57. The molecular weight excluding hydrogens is 1270 g/mol. The summed E-state index contributed by atoms with van der Waals surface area (Å²) in [6.07, 6.45) is 0. The molecule has 0 saturated carbocycles. The van der Waals surface area contributed by atoms with Crippen molar-refractivity contribution in [2.45, 2.75) is 52.4 Å². The molecule has 6 heterocycles. The Morgan fingerprint density at radius 2 is 0.676 bits per heavy atom. The lowest BCUT2D eigenvalue weighted by atomic mass is 9.33. The van der Waals surface area contributed by atoms with Gasteiger partial charge in [-0.1, -0.05) is 272 Å². The molecule has 0 saturated heterocycles. The van der Waals surface area contributed by atoms with E-state index in [9.17, 15) is 24.7 Å². The van der Waals surface area contributed by atoms with Crippen LogP contribution in [0.2, 0.25) is 0 Å². The van der Waals surface area contributed by atoms with Crippen molar-refractivity contribution in [3.05, 3.63) is 338 Å². The molecule has 0 spiro atoms. The predicted molar refractivity (Wildman–Crippen MR) is 444 cm³/mol. The van der Waals surface area contributed by atoms with Crippen molar-refractivity contribution < 1.29 is 37.3 Å². The fourth-order valence-corrected chi connectivity index (χ4v) is 16.1. The minimum Gasteiger partial charge on any atom is -0.452 e. The maximum atomic E-state index is 10.2. The number of hydrogen-bond acceptors (Lipinski definition) is 3. The fourth-order valence-electron chi connectivity index (χ4n) is 16.1. The van der Waals surface area contributed by atoms with Crippen molar-refractivity contribution in [1.82, 2.24) is 13.7 Å². The van der Waals surface area contributed by atoms with Crippen molar-refractivity contribution in [2.24, 2.45) is 0 Å². The number of furan rings is 1. The van der Waals surface area contributed by atoms with Crippen LogP contribution in [0.15, 0.2) is 331 Å². The van der Waals surface area contributed by atoms with Gasteiger partial charge in [0.05, 0.1) is 83.1 Å². The Balaban J connectivity index is 0.975. The molecule has 0 fully saturated rings. The fraction of sp³-hybridized carbons (Fsp3) is 0.0816. The minimum atomic E-state index is -0.918. The molecule has 0 unspecified atom stereocenters. The van der Waals surface area contributed by atoms with Crippen LogP contribution in [0.5, 0.6) is 0 Å². The van der Waals surface area contributed by atoms with Crippen LogP contribution in [0.1, 0.15) is 85.6 Å². The van der Waals surface area contributed by atoms with Gasteiger partial charge >= 0.3 is 0 Å². The lowest BCUT2D eigenvalue weighted by molar-refractivity contribution is 0.569. The minimum absolute atomic E-state index is 0.0615. The van der Waals surface area contributed by atoms with Crippen LogP contribution in [-0.4, -0.2) is 20.4 Å². The molecule has 0 bridgehead atoms. The van der Waals surface area contributed by atoms with Gasteiger partial charge in [0.25, 0.3) is 6.71 Å². The Morgan fingerprint density at radius 3 is 1.16 bits per heavy atom. The van der Waals surface area contributed by atoms with Crippen LogP contribution >= 0.6 is 0 Å². The first-order valence-electron chi connectivity index (χ1n) is 46.8. The molecule has 105 heavy (non-hydrogen) atoms. The number of anilines is 6. The van der Waals surface area contributed by atoms with E-state index in [0.717, 1.165) is 50.0 Å². The summed E-state index contributed by atoms with van der Waals surface area (Å²) in [5.41, 5.74) is 10.1. The summed E-state index contributed by atoms with van der Waals surface area (Å²) in [4.78, 5) is 4.05. The Labute approximate surface area is 643 Å². The van der Waals surface area contributed by atoms with E-state index >= 15 is 0 Å². The maximum absolute atomic E-state index is 10.2. The van der Waals surface area contributed by atoms with E-state index in [0.29, 0.717) is 44.4 Å². The summed E-state index contributed by atoms with van der Waals surface area (Å²) in [5.74, 6) is 0. The summed E-state index contributed by atoms with van der Waals surface area (Å²) in [6, 6.07) is 43.8. The van der Waals surface area contributed by atoms with E-state index in [1.165, 1.54) is 13.7 Å². The molecule has 0 atom stereocenters. The third-order valence-electron chi connectivity index (χ3n) is 21.0. The molecule has 0 N–H and O–H groups in total. The van der Waals surface area contributed by atoms with Gasteiger partial charge in [-0.2, -0.15) is 0 Å². The quantitative estimate of drug-likeness (QED) is 0.142. The van der Waals surface area contributed by atoms with Gasteiger partial charge in [0.15, 0.2) is 11.2 Å². The number of rotatable bonds is 8. The first kappa shape index (κ1) is 41.3. The Kier molecular flexibility index (Phi) is 8.98. The van der Waals surface area contributed by atoms with Gasteiger partial charge < -0.3 is 27.9 Å². The lowest BCUT2D eigenvalue weighted by Crippen LogP contribution is -2.61. The van der Waals surface area contributed by atoms with Crippen LogP contribution in [0.4, 0.5) is 34.1 Å². The topological polar surface area (TPSA) is 34.4 Å². The highest BCUT2D eigenvalue weighted by molar-refractivity contribution is 7.00. The first-order chi connectivity index (χ1) is 61.3. The van der Waals surface area contributed by atoms with Gasteiger partial charge in [-0.15, -0.1) is 0 Å². The van der Waals surface area contributed by atoms with Gasteiger partial charge in [0.2, 0.25) is 0 Å². The third-order valence-corrected chi connectivity index (χ3v) is 21.0. The number of para-hydroxylation sites is 8. The summed E-state index contributed by atoms with van der Waals surface area (Å²) >= 11 is 0. The molecule has 0 aliphatic carbocycles. The summed E-state index contributed by atoms with van der Waals surface area (Å²) in [6.45, 7) is 12.1. The highest BCUT2D eigenvalue weighted by Gasteiger charge is 2.45. The highest BCUT2D eigenvalue weighted by atomic mass is 16.3. The zero-order valence-electron chi connectivity index (χ0n) is 81.5. The molecule has 498 valence electrons. The van der Waals surface area contributed by atoms with E-state index in [4.69, 9.17) is 12.6 Å². The number of hydrogen-bond donors (Lipinski definition) is 0. The monoisotopic (exact) mass is 1370 g/mol. The molecule has 2 aliphatic heterocycles. The largest absolute Gasteiger partial charge is 0.452 e. The summed E-state index contributed by atoms with van der Waals surface area (Å²) < 4.78 is 240. The van der Waals surface area contributed by atoms with Gasteiger partial charge in [0, 0.05) is 77.2 Å². The van der Waals surface area contributed by atoms with Crippen LogP contribution in [0.25, 0.3) is 138 Å². The molecule has 0 radical (unpaired) electrons. The van der Waals surface area contributed by atoms with Crippen molar-refractivity contribution in [3.63, 3.8) is 0 Å². The second-order valence-electron chi connectivity index (χ2n) is 29.1. The highest BCUT2D eigenvalue weighted by Crippen LogP contribution is 2.52. The molecular formula is C98H72BN5O. The second-order valence-corrected chi connectivity index (χ2v) is 29.1. The van der Waals surface area contributed by atoms with E-state index < -0.39 is 152 Å². The molecule has 21 rings (SSSR count). The standard InChI is InChI=1S/C98H72BN5O/c1-97(2,3)67-52-66(53-68(57-67)98(4,5)6)63-47-49-80-90(56-63)102(70-54-64(61-27-9-7-10-28-61)51-65(55-70)62-29-11-8-12-30-62)92-59-71(101-84-41-21-15-33-74(84)75-34-16-22-42-85(75)101)60-93-94(92)99(80)81-50-48-69(100-82-39-19-13-31-72(82)73-32-14-20-40-83(73)100)58-91(81)104(93)89-46-26-38-79-78-37-25-45-88(95(78)105-96(79)89)103-86-43-23-17-35-76(86)77-36-18-24-44-87(77)103/h7-60H,1-6H3/i13D,14D,15D,16D,17D,18D,19D,20D,21D,22D,23D,24D,31D,32D,33D,34D,35D,36D,39D,40D,41D,42D,43D,44D. The Bertz CT molecular complexity index is 8030. The van der Waals surface area contributed by atoms with E-state index in [1.54, 1.807) is 54.6 Å². The number of nitrogens with zero attached hydrogens (tertiary/aromatic N) is 5. The smallest absolute Gasteiger partial charge is 0.252 e. The average molecular weight is 1370 g/mol. The van der Waals surface area contributed by atoms with Crippen LogP contribution in [0, 0.1) is 0 Å². The maximum Gasteiger partial charge on any atom is 0.252 e. The second kappa shape index (κ2) is 22.8. The lowest BCUT2D eigenvalue weighted by Gasteiger charge is -2.44. The predicted octanol–water partition coefficient (Wildman–Crippen LogP) is 24.6. The normalized spacial score (nSPS) is 16.2. The molecule has 4 aromatic heterocycles. The van der Waals surface area contributed by atoms with Crippen LogP contribution in [-0.2, 0) is 10.8 Å². The molecule has 7 heteroatoms. The third kappa shape index (κ3) is 9.30. The summed E-state index contributed by atoms with van der Waals surface area (Å²) in [7, 11) is 0. The zero-order valence-corrected chi connectivity index (χ0v) is 57.5. The van der Waals surface area contributed by atoms with Gasteiger partial charge in [-0.25, -0.2) is 0 Å². The first-order valence-corrected chi connectivity index (χ1v) is 34.8. The van der Waals surface area contributed by atoms with Crippen LogP contribution < -0.4 is 26.2 Å². The zero-order chi connectivity index (χ0) is 91.0. The van der Waals surface area contributed by atoms with E-state index in [2.05, 4.69) is 101 Å². The van der Waals surface area contributed by atoms with E-state index in [-0.39, 0.29) is 116 Å². The number of aromatic nitrogens is 3. The molecule has 0 amide bonds. The molecule has 19 aromatic rings. The van der Waals surface area contributed by atoms with Gasteiger partial charge in [0.1, 0.15) is 0 Å². The van der Waals surface area contributed by atoms with Crippen molar-refractivity contribution >= 4 is 145 Å². The molecule has 6 nitrogen and oxygen atoms in total.